The average Bonchev–Trinajstić information content (AvgIpc) is 2.68. The van der Waals surface area contributed by atoms with Crippen LogP contribution < -0.4 is 9.64 Å². The number of rotatable bonds is 7. The highest BCUT2D eigenvalue weighted by Gasteiger charge is 2.53. The molecule has 1 aliphatic rings. The summed E-state index contributed by atoms with van der Waals surface area (Å²) in [4.78, 5) is 16.4. The lowest BCUT2D eigenvalue weighted by Crippen LogP contribution is -2.64. The molecule has 162 valence electrons. The number of ether oxygens (including phenoxy) is 1. The van der Waals surface area contributed by atoms with Crippen molar-refractivity contribution in [2.75, 3.05) is 12.0 Å². The highest BCUT2D eigenvalue weighted by Crippen LogP contribution is 2.46. The Balaban J connectivity index is 1.87. The molecule has 1 saturated heterocycles. The van der Waals surface area contributed by atoms with E-state index in [9.17, 15) is 4.79 Å². The Morgan fingerprint density at radius 3 is 2.17 bits per heavy atom. The van der Waals surface area contributed by atoms with E-state index in [1.807, 2.05) is 47.4 Å². The molecular formula is C24H33NO3SSi. The van der Waals surface area contributed by atoms with Gasteiger partial charge in [0.1, 0.15) is 11.1 Å². The Morgan fingerprint density at radius 1 is 1.03 bits per heavy atom. The van der Waals surface area contributed by atoms with Crippen molar-refractivity contribution in [3.63, 3.8) is 0 Å². The van der Waals surface area contributed by atoms with Gasteiger partial charge in [-0.2, -0.15) is 0 Å². The zero-order valence-corrected chi connectivity index (χ0v) is 20.8. The van der Waals surface area contributed by atoms with E-state index in [1.54, 1.807) is 18.9 Å². The number of carbonyl (C=O) groups excluding carboxylic acids is 1. The van der Waals surface area contributed by atoms with Gasteiger partial charge in [0.05, 0.1) is 19.1 Å². The van der Waals surface area contributed by atoms with Crippen LogP contribution in [-0.2, 0) is 9.22 Å². The zero-order chi connectivity index (χ0) is 22.1. The first kappa shape index (κ1) is 22.9. The molecule has 0 bridgehead atoms. The summed E-state index contributed by atoms with van der Waals surface area (Å²) in [5, 5.41) is 0.0965. The van der Waals surface area contributed by atoms with Crippen LogP contribution in [0.2, 0.25) is 18.1 Å². The standard InChI is InChI=1S/C24H33NO3SSi/c1-17(28-30(6,7)24(2,3)4)21-22(26)25(18-13-15-19(27-5)16-14-18)23(21)29-20-11-9-8-10-12-20/h8-17,21,23H,1-7H3/t17-,21?,23?/m1/s1. The minimum absolute atomic E-state index is 0.00642. The third-order valence-electron chi connectivity index (χ3n) is 6.23. The lowest BCUT2D eigenvalue weighted by molar-refractivity contribution is -0.131. The van der Waals surface area contributed by atoms with E-state index in [-0.39, 0.29) is 28.3 Å². The number of thioether (sulfide) groups is 1. The van der Waals surface area contributed by atoms with Gasteiger partial charge in [-0.1, -0.05) is 50.7 Å². The quantitative estimate of drug-likeness (QED) is 0.378. The molecule has 2 aromatic carbocycles. The zero-order valence-electron chi connectivity index (χ0n) is 19.0. The number of carbonyl (C=O) groups is 1. The third kappa shape index (κ3) is 4.61. The monoisotopic (exact) mass is 443 g/mol. The number of methoxy groups -OCH3 is 1. The number of nitrogens with zero attached hydrogens (tertiary/aromatic N) is 1. The maximum absolute atomic E-state index is 13.3. The molecule has 0 aliphatic carbocycles. The minimum atomic E-state index is -1.97. The number of benzene rings is 2. The Labute approximate surface area is 186 Å². The first-order chi connectivity index (χ1) is 14.0. The smallest absolute Gasteiger partial charge is 0.236 e. The van der Waals surface area contributed by atoms with Crippen molar-refractivity contribution >= 4 is 31.7 Å². The van der Waals surface area contributed by atoms with Crippen LogP contribution in [0.3, 0.4) is 0 Å². The highest BCUT2D eigenvalue weighted by atomic mass is 32.2. The molecule has 6 heteroatoms. The number of amides is 1. The third-order valence-corrected chi connectivity index (χ3v) is 12.1. The summed E-state index contributed by atoms with van der Waals surface area (Å²) in [5.74, 6) is 0.733. The molecule has 1 heterocycles. The summed E-state index contributed by atoms with van der Waals surface area (Å²) in [6.45, 7) is 13.2. The second kappa shape index (κ2) is 8.77. The highest BCUT2D eigenvalue weighted by molar-refractivity contribution is 8.00. The molecule has 2 unspecified atom stereocenters. The molecule has 1 fully saturated rings. The van der Waals surface area contributed by atoms with Gasteiger partial charge in [0.2, 0.25) is 5.91 Å². The van der Waals surface area contributed by atoms with Gasteiger partial charge in [-0.15, -0.1) is 0 Å². The molecule has 3 atom stereocenters. The molecule has 0 spiro atoms. The number of hydrogen-bond acceptors (Lipinski definition) is 4. The summed E-state index contributed by atoms with van der Waals surface area (Å²) in [6, 6.07) is 18.0. The van der Waals surface area contributed by atoms with E-state index < -0.39 is 8.32 Å². The fourth-order valence-corrected chi connectivity index (χ4v) is 6.25. The van der Waals surface area contributed by atoms with E-state index >= 15 is 0 Å². The van der Waals surface area contributed by atoms with Crippen molar-refractivity contribution in [3.05, 3.63) is 54.6 Å². The Kier molecular flexibility index (Phi) is 6.70. The summed E-state index contributed by atoms with van der Waals surface area (Å²) in [6.07, 6.45) is -0.130. The maximum atomic E-state index is 13.3. The van der Waals surface area contributed by atoms with Crippen LogP contribution in [0.15, 0.2) is 59.5 Å². The van der Waals surface area contributed by atoms with Crippen molar-refractivity contribution in [1.82, 2.24) is 0 Å². The molecule has 4 nitrogen and oxygen atoms in total. The molecule has 1 aliphatic heterocycles. The van der Waals surface area contributed by atoms with Crippen molar-refractivity contribution in [2.45, 2.75) is 62.2 Å². The van der Waals surface area contributed by atoms with Crippen LogP contribution >= 0.6 is 11.8 Å². The van der Waals surface area contributed by atoms with Gasteiger partial charge in [-0.25, -0.2) is 0 Å². The first-order valence-corrected chi connectivity index (χ1v) is 14.2. The number of hydrogen-bond donors (Lipinski definition) is 0. The van der Waals surface area contributed by atoms with Crippen LogP contribution in [0.4, 0.5) is 5.69 Å². The van der Waals surface area contributed by atoms with Crippen LogP contribution in [0, 0.1) is 5.92 Å². The van der Waals surface area contributed by atoms with Crippen molar-refractivity contribution in [1.29, 1.82) is 0 Å². The molecule has 0 N–H and O–H groups in total. The van der Waals surface area contributed by atoms with Gasteiger partial charge in [0, 0.05) is 10.6 Å². The molecular weight excluding hydrogens is 410 g/mol. The van der Waals surface area contributed by atoms with Gasteiger partial charge >= 0.3 is 0 Å². The largest absolute Gasteiger partial charge is 0.497 e. The molecule has 2 aromatic rings. The van der Waals surface area contributed by atoms with Crippen molar-refractivity contribution < 1.29 is 14.0 Å². The van der Waals surface area contributed by atoms with Gasteiger partial charge in [-0.3, -0.25) is 9.69 Å². The van der Waals surface area contributed by atoms with Crippen LogP contribution in [-0.4, -0.2) is 32.8 Å². The summed E-state index contributed by atoms with van der Waals surface area (Å²) < 4.78 is 11.9. The lowest BCUT2D eigenvalue weighted by Gasteiger charge is -2.50. The van der Waals surface area contributed by atoms with Gasteiger partial charge in [-0.05, 0) is 61.5 Å². The molecule has 30 heavy (non-hydrogen) atoms. The Morgan fingerprint density at radius 2 is 1.63 bits per heavy atom. The Hall–Kier alpha value is -1.76. The van der Waals surface area contributed by atoms with E-state index in [4.69, 9.17) is 9.16 Å². The summed E-state index contributed by atoms with van der Waals surface area (Å²) in [5.41, 5.74) is 0.894. The van der Waals surface area contributed by atoms with Gasteiger partial charge in [0.25, 0.3) is 0 Å². The minimum Gasteiger partial charge on any atom is -0.497 e. The second-order valence-corrected chi connectivity index (χ2v) is 15.3. The molecule has 3 rings (SSSR count). The number of anilines is 1. The fourth-order valence-electron chi connectivity index (χ4n) is 3.42. The van der Waals surface area contributed by atoms with Gasteiger partial charge in [0.15, 0.2) is 8.32 Å². The van der Waals surface area contributed by atoms with Crippen LogP contribution in [0.25, 0.3) is 0 Å². The van der Waals surface area contributed by atoms with E-state index in [0.717, 1.165) is 16.3 Å². The molecule has 1 amide bonds. The molecule has 0 radical (unpaired) electrons. The van der Waals surface area contributed by atoms with E-state index in [0.29, 0.717) is 0 Å². The van der Waals surface area contributed by atoms with E-state index in [2.05, 4.69) is 52.9 Å². The van der Waals surface area contributed by atoms with Crippen LogP contribution in [0.1, 0.15) is 27.7 Å². The first-order valence-electron chi connectivity index (χ1n) is 10.4. The fraction of sp³-hybridized carbons (Fsp3) is 0.458. The molecule has 0 aromatic heterocycles. The normalized spacial score (nSPS) is 20.6. The Bertz CT molecular complexity index is 864. The van der Waals surface area contributed by atoms with Crippen LogP contribution in [0.5, 0.6) is 5.75 Å². The topological polar surface area (TPSA) is 38.8 Å². The van der Waals surface area contributed by atoms with Crippen molar-refractivity contribution in [3.8, 4) is 5.75 Å². The average molecular weight is 444 g/mol. The lowest BCUT2D eigenvalue weighted by atomic mass is 9.92. The summed E-state index contributed by atoms with van der Waals surface area (Å²) >= 11 is 1.73. The maximum Gasteiger partial charge on any atom is 0.236 e. The van der Waals surface area contributed by atoms with E-state index in [1.165, 1.54) is 0 Å². The summed E-state index contributed by atoms with van der Waals surface area (Å²) in [7, 11) is -0.328. The van der Waals surface area contributed by atoms with Gasteiger partial charge < -0.3 is 9.16 Å². The predicted octanol–water partition coefficient (Wildman–Crippen LogP) is 6.19. The number of β-lactam (4-membered cyclic amide) rings is 1. The predicted molar refractivity (Wildman–Crippen MR) is 128 cm³/mol. The SMILES string of the molecule is COc1ccc(N2C(=O)C([C@@H](C)O[Si](C)(C)C(C)(C)C)C2Sc2ccccc2)cc1. The second-order valence-electron chi connectivity index (χ2n) is 9.34. The van der Waals surface area contributed by atoms with Crippen molar-refractivity contribution in [2.24, 2.45) is 5.92 Å². The molecule has 0 saturated carbocycles.